The van der Waals surface area contributed by atoms with Gasteiger partial charge in [-0.2, -0.15) is 0 Å². The summed E-state index contributed by atoms with van der Waals surface area (Å²) in [6, 6.07) is 4.49. The lowest BCUT2D eigenvalue weighted by molar-refractivity contribution is -0.147. The van der Waals surface area contributed by atoms with Crippen LogP contribution in [0.4, 0.5) is 0 Å². The highest BCUT2D eigenvalue weighted by Gasteiger charge is 2.37. The van der Waals surface area contributed by atoms with Crippen LogP contribution in [0.2, 0.25) is 0 Å². The highest BCUT2D eigenvalue weighted by Crippen LogP contribution is 2.18. The Morgan fingerprint density at radius 2 is 2.05 bits per heavy atom. The Balaban J connectivity index is 2.14. The van der Waals surface area contributed by atoms with Gasteiger partial charge in [0.15, 0.2) is 0 Å². The molecule has 1 N–H and O–H groups in total. The third-order valence-corrected chi connectivity index (χ3v) is 4.00. The Morgan fingerprint density at radius 3 is 2.71 bits per heavy atom. The maximum Gasteiger partial charge on any atom is 0.250 e. The van der Waals surface area contributed by atoms with Gasteiger partial charge in [0.2, 0.25) is 11.8 Å². The monoisotopic (exact) mass is 291 g/mol. The number of piperazine rings is 1. The minimum absolute atomic E-state index is 0.0372. The molecular weight excluding hydrogens is 270 g/mol. The van der Waals surface area contributed by atoms with Gasteiger partial charge in [0, 0.05) is 25.4 Å². The van der Waals surface area contributed by atoms with E-state index in [1.54, 1.807) is 27.8 Å². The first kappa shape index (κ1) is 15.3. The smallest absolute Gasteiger partial charge is 0.250 e. The molecule has 6 nitrogen and oxygen atoms in total. The van der Waals surface area contributed by atoms with Crippen LogP contribution in [0.25, 0.3) is 0 Å². The maximum absolute atomic E-state index is 12.1. The molecule has 1 fully saturated rings. The third kappa shape index (κ3) is 3.32. The van der Waals surface area contributed by atoms with Crippen LogP contribution in [0.3, 0.4) is 0 Å². The summed E-state index contributed by atoms with van der Waals surface area (Å²) in [5, 5.41) is 2.64. The number of pyridine rings is 1. The normalized spacial score (nSPS) is 20.3. The van der Waals surface area contributed by atoms with Gasteiger partial charge in [-0.3, -0.25) is 14.4 Å². The van der Waals surface area contributed by atoms with E-state index in [9.17, 15) is 14.4 Å². The highest BCUT2D eigenvalue weighted by atomic mass is 16.2. The number of nitrogens with one attached hydrogen (secondary N) is 1. The van der Waals surface area contributed by atoms with Gasteiger partial charge < -0.3 is 14.8 Å². The summed E-state index contributed by atoms with van der Waals surface area (Å²) < 4.78 is 1.55. The van der Waals surface area contributed by atoms with E-state index >= 15 is 0 Å². The van der Waals surface area contributed by atoms with Gasteiger partial charge >= 0.3 is 0 Å². The molecule has 0 spiro atoms. The van der Waals surface area contributed by atoms with E-state index in [1.165, 1.54) is 6.07 Å². The van der Waals surface area contributed by atoms with E-state index < -0.39 is 6.04 Å². The maximum atomic E-state index is 12.1. The fourth-order valence-corrected chi connectivity index (χ4v) is 2.58. The number of hydrogen-bond acceptors (Lipinski definition) is 3. The lowest BCUT2D eigenvalue weighted by Crippen LogP contribution is -2.61. The molecule has 2 unspecified atom stereocenters. The molecule has 2 amide bonds. The molecular formula is C15H21N3O3. The van der Waals surface area contributed by atoms with Gasteiger partial charge in [-0.15, -0.1) is 0 Å². The van der Waals surface area contributed by atoms with Crippen LogP contribution in [0.15, 0.2) is 29.2 Å². The second-order valence-electron chi connectivity index (χ2n) is 5.37. The second-order valence-corrected chi connectivity index (χ2v) is 5.37. The number of rotatable bonds is 5. The summed E-state index contributed by atoms with van der Waals surface area (Å²) in [5.41, 5.74) is -0.105. The molecule has 2 heterocycles. The van der Waals surface area contributed by atoms with Crippen LogP contribution in [-0.4, -0.2) is 40.4 Å². The molecule has 1 aromatic rings. The summed E-state index contributed by atoms with van der Waals surface area (Å²) in [6.07, 6.45) is 2.50. The molecule has 0 bridgehead atoms. The molecule has 2 atom stereocenters. The molecule has 21 heavy (non-hydrogen) atoms. The standard InChI is InChI=1S/C15H21N3O3/c1-3-11(2)14-15(21)16-10-13(20)18(14)9-8-17-7-5-4-6-12(17)19/h4-7,11,14H,3,8-10H2,1-2H3,(H,16,21). The lowest BCUT2D eigenvalue weighted by atomic mass is 9.95. The summed E-state index contributed by atoms with van der Waals surface area (Å²) in [6.45, 7) is 4.76. The molecule has 0 saturated carbocycles. The Hall–Kier alpha value is -2.11. The number of hydrogen-bond donors (Lipinski definition) is 1. The predicted molar refractivity (Wildman–Crippen MR) is 78.7 cm³/mol. The van der Waals surface area contributed by atoms with Crippen LogP contribution < -0.4 is 10.9 Å². The summed E-state index contributed by atoms with van der Waals surface area (Å²) >= 11 is 0. The predicted octanol–water partition coefficient (Wildman–Crippen LogP) is 0.221. The molecule has 0 aliphatic carbocycles. The summed E-state index contributed by atoms with van der Waals surface area (Å²) in [5.74, 6) is -0.116. The zero-order valence-corrected chi connectivity index (χ0v) is 12.4. The highest BCUT2D eigenvalue weighted by molar-refractivity contribution is 5.94. The topological polar surface area (TPSA) is 71.4 Å². The fraction of sp³-hybridized carbons (Fsp3) is 0.533. The number of aromatic nitrogens is 1. The van der Waals surface area contributed by atoms with Gasteiger partial charge in [-0.25, -0.2) is 0 Å². The van der Waals surface area contributed by atoms with Crippen molar-refractivity contribution in [3.8, 4) is 0 Å². The van der Waals surface area contributed by atoms with E-state index in [4.69, 9.17) is 0 Å². The van der Waals surface area contributed by atoms with Crippen molar-refractivity contribution in [1.82, 2.24) is 14.8 Å². The average molecular weight is 291 g/mol. The van der Waals surface area contributed by atoms with E-state index in [0.29, 0.717) is 13.1 Å². The van der Waals surface area contributed by atoms with Crippen LogP contribution >= 0.6 is 0 Å². The zero-order chi connectivity index (χ0) is 15.4. The molecule has 1 aliphatic rings. The molecule has 114 valence electrons. The van der Waals surface area contributed by atoms with Gasteiger partial charge in [-0.1, -0.05) is 26.3 Å². The first-order chi connectivity index (χ1) is 10.0. The van der Waals surface area contributed by atoms with E-state index in [-0.39, 0.29) is 29.8 Å². The van der Waals surface area contributed by atoms with Crippen molar-refractivity contribution in [2.24, 2.45) is 5.92 Å². The minimum atomic E-state index is -0.448. The van der Waals surface area contributed by atoms with Crippen LogP contribution in [0, 0.1) is 5.92 Å². The van der Waals surface area contributed by atoms with Crippen molar-refractivity contribution < 1.29 is 9.59 Å². The zero-order valence-electron chi connectivity index (χ0n) is 12.4. The van der Waals surface area contributed by atoms with Gasteiger partial charge in [0.25, 0.3) is 5.56 Å². The SMILES string of the molecule is CCC(C)C1C(=O)NCC(=O)N1CCn1ccccc1=O. The van der Waals surface area contributed by atoms with E-state index in [2.05, 4.69) is 5.32 Å². The number of carbonyl (C=O) groups is 2. The van der Waals surface area contributed by atoms with Crippen molar-refractivity contribution in [1.29, 1.82) is 0 Å². The Morgan fingerprint density at radius 1 is 1.29 bits per heavy atom. The quantitative estimate of drug-likeness (QED) is 0.843. The number of nitrogens with zero attached hydrogens (tertiary/aromatic N) is 2. The van der Waals surface area contributed by atoms with Crippen LogP contribution in [0.5, 0.6) is 0 Å². The number of amides is 2. The summed E-state index contributed by atoms with van der Waals surface area (Å²) in [4.78, 5) is 37.4. The van der Waals surface area contributed by atoms with E-state index in [1.807, 2.05) is 13.8 Å². The molecule has 2 rings (SSSR count). The molecule has 1 aliphatic heterocycles. The first-order valence-corrected chi connectivity index (χ1v) is 7.27. The largest absolute Gasteiger partial charge is 0.345 e. The Bertz CT molecular complexity index is 582. The van der Waals surface area contributed by atoms with Crippen molar-refractivity contribution in [2.45, 2.75) is 32.9 Å². The van der Waals surface area contributed by atoms with E-state index in [0.717, 1.165) is 6.42 Å². The van der Waals surface area contributed by atoms with Crippen molar-refractivity contribution >= 4 is 11.8 Å². The van der Waals surface area contributed by atoms with Gasteiger partial charge in [0.1, 0.15) is 6.04 Å². The Labute approximate surface area is 123 Å². The molecule has 0 radical (unpaired) electrons. The Kier molecular flexibility index (Phi) is 4.77. The molecule has 6 heteroatoms. The first-order valence-electron chi connectivity index (χ1n) is 7.27. The molecule has 0 aromatic carbocycles. The minimum Gasteiger partial charge on any atom is -0.345 e. The van der Waals surface area contributed by atoms with Crippen molar-refractivity contribution in [3.63, 3.8) is 0 Å². The van der Waals surface area contributed by atoms with Crippen molar-refractivity contribution in [2.75, 3.05) is 13.1 Å². The third-order valence-electron chi connectivity index (χ3n) is 4.00. The number of carbonyl (C=O) groups excluding carboxylic acids is 2. The fourth-order valence-electron chi connectivity index (χ4n) is 2.58. The van der Waals surface area contributed by atoms with Crippen molar-refractivity contribution in [3.05, 3.63) is 34.7 Å². The van der Waals surface area contributed by atoms with Crippen LogP contribution in [-0.2, 0) is 16.1 Å². The van der Waals surface area contributed by atoms with Gasteiger partial charge in [0.05, 0.1) is 6.54 Å². The average Bonchev–Trinajstić information content (AvgIpc) is 2.48. The lowest BCUT2D eigenvalue weighted by Gasteiger charge is -2.38. The second kappa shape index (κ2) is 6.56. The molecule has 1 saturated heterocycles. The summed E-state index contributed by atoms with van der Waals surface area (Å²) in [7, 11) is 0. The van der Waals surface area contributed by atoms with Gasteiger partial charge in [-0.05, 0) is 12.0 Å². The molecule has 1 aromatic heterocycles. The van der Waals surface area contributed by atoms with Crippen LogP contribution in [0.1, 0.15) is 20.3 Å².